The van der Waals surface area contributed by atoms with Crippen molar-refractivity contribution in [2.45, 2.75) is 240 Å². The first-order valence-corrected chi connectivity index (χ1v) is 24.1. The van der Waals surface area contributed by atoms with Crippen LogP contribution >= 0.6 is 0 Å². The van der Waals surface area contributed by atoms with Crippen molar-refractivity contribution >= 4 is 11.4 Å². The van der Waals surface area contributed by atoms with E-state index in [9.17, 15) is 5.53 Å². The molecule has 0 atom stereocenters. The largest absolute Gasteiger partial charge is 0.348 e. The zero-order valence-electron chi connectivity index (χ0n) is 36.8. The lowest BCUT2D eigenvalue weighted by atomic mass is 9.84. The van der Waals surface area contributed by atoms with Gasteiger partial charge in [-0.2, -0.15) is 0 Å². The van der Waals surface area contributed by atoms with Crippen molar-refractivity contribution in [3.05, 3.63) is 87.5 Å². The highest BCUT2D eigenvalue weighted by Gasteiger charge is 2.19. The minimum atomic E-state index is 0.894. The maximum Gasteiger partial charge on any atom is 0.303 e. The SMILES string of the molecule is CCCCCCCCCCCCCCCCCc1cccc(C(=C(CCCCCCCC)C(=C=[N+]=[N-])CCCC)c2cccc(CCCCCCCC)c2)c1. The van der Waals surface area contributed by atoms with Gasteiger partial charge in [0.15, 0.2) is 0 Å². The summed E-state index contributed by atoms with van der Waals surface area (Å²) in [5.41, 5.74) is 19.1. The highest BCUT2D eigenvalue weighted by molar-refractivity contribution is 5.87. The smallest absolute Gasteiger partial charge is 0.303 e. The molecule has 0 unspecified atom stereocenters. The summed E-state index contributed by atoms with van der Waals surface area (Å²) in [5, 5.41) is 0. The van der Waals surface area contributed by atoms with Crippen molar-refractivity contribution in [2.75, 3.05) is 0 Å². The molecule has 2 aromatic rings. The van der Waals surface area contributed by atoms with Crippen LogP contribution in [-0.2, 0) is 12.8 Å². The molecule has 0 N–H and O–H groups in total. The van der Waals surface area contributed by atoms with Crippen LogP contribution < -0.4 is 0 Å². The number of aryl methyl sites for hydroxylation is 2. The van der Waals surface area contributed by atoms with Gasteiger partial charge in [0.25, 0.3) is 0 Å². The maximum atomic E-state index is 9.87. The van der Waals surface area contributed by atoms with Crippen LogP contribution in [0.4, 0.5) is 0 Å². The predicted octanol–water partition coefficient (Wildman–Crippen LogP) is 17.6. The van der Waals surface area contributed by atoms with Crippen molar-refractivity contribution in [1.29, 1.82) is 0 Å². The summed E-state index contributed by atoms with van der Waals surface area (Å²) in [4.78, 5) is 3.54. The van der Waals surface area contributed by atoms with Crippen LogP contribution in [0.15, 0.2) is 59.7 Å². The molecule has 2 rings (SSSR count). The summed E-state index contributed by atoms with van der Waals surface area (Å²) >= 11 is 0. The molecule has 0 amide bonds. The Balaban J connectivity index is 2.20. The van der Waals surface area contributed by atoms with Crippen LogP contribution in [0.1, 0.15) is 249 Å². The van der Waals surface area contributed by atoms with Crippen molar-refractivity contribution in [3.8, 4) is 0 Å². The van der Waals surface area contributed by atoms with Gasteiger partial charge in [0.1, 0.15) is 0 Å². The first-order chi connectivity index (χ1) is 27.2. The zero-order valence-corrected chi connectivity index (χ0v) is 36.8. The van der Waals surface area contributed by atoms with Crippen molar-refractivity contribution in [2.24, 2.45) is 0 Å². The Kier molecular flexibility index (Phi) is 30.5. The van der Waals surface area contributed by atoms with E-state index in [1.54, 1.807) is 0 Å². The fourth-order valence-electron chi connectivity index (χ4n) is 8.29. The van der Waals surface area contributed by atoms with Crippen molar-refractivity contribution in [3.63, 3.8) is 0 Å². The molecule has 0 aromatic heterocycles. The zero-order chi connectivity index (χ0) is 39.4. The first-order valence-electron chi connectivity index (χ1n) is 24.1. The van der Waals surface area contributed by atoms with E-state index in [0.717, 1.165) is 50.5 Å². The molecule has 0 aliphatic rings. The van der Waals surface area contributed by atoms with Gasteiger partial charge in [0, 0.05) is 0 Å². The van der Waals surface area contributed by atoms with Gasteiger partial charge in [-0.1, -0.05) is 237 Å². The van der Waals surface area contributed by atoms with Gasteiger partial charge in [-0.15, -0.1) is 4.79 Å². The minimum Gasteiger partial charge on any atom is -0.348 e. The van der Waals surface area contributed by atoms with Crippen LogP contribution in [-0.4, -0.2) is 10.7 Å². The monoisotopic (exact) mass is 751 g/mol. The lowest BCUT2D eigenvalue weighted by molar-refractivity contribution is 0.00739. The third-order valence-corrected chi connectivity index (χ3v) is 11.7. The van der Waals surface area contributed by atoms with Gasteiger partial charge < -0.3 is 5.53 Å². The molecule has 0 saturated carbocycles. The lowest BCUT2D eigenvalue weighted by Crippen LogP contribution is -2.02. The van der Waals surface area contributed by atoms with Crippen molar-refractivity contribution in [1.82, 2.24) is 0 Å². The highest BCUT2D eigenvalue weighted by Crippen LogP contribution is 2.36. The van der Waals surface area contributed by atoms with Gasteiger partial charge in [-0.25, -0.2) is 0 Å². The maximum absolute atomic E-state index is 9.87. The van der Waals surface area contributed by atoms with E-state index in [4.69, 9.17) is 0 Å². The molecule has 0 spiro atoms. The van der Waals surface area contributed by atoms with E-state index in [0.29, 0.717) is 0 Å². The van der Waals surface area contributed by atoms with Crippen LogP contribution in [0, 0.1) is 0 Å². The number of nitrogens with zero attached hydrogens (tertiary/aromatic N) is 2. The molecule has 0 aliphatic carbocycles. The predicted molar refractivity (Wildman–Crippen MR) is 244 cm³/mol. The number of unbranched alkanes of at least 4 members (excludes halogenated alkanes) is 25. The van der Waals surface area contributed by atoms with E-state index in [2.05, 4.69) is 86.9 Å². The fourth-order valence-corrected chi connectivity index (χ4v) is 8.29. The van der Waals surface area contributed by atoms with Gasteiger partial charge in [0.05, 0.1) is 5.57 Å². The van der Waals surface area contributed by atoms with Crippen LogP contribution in [0.25, 0.3) is 11.1 Å². The van der Waals surface area contributed by atoms with E-state index < -0.39 is 0 Å². The Labute approximate surface area is 342 Å². The summed E-state index contributed by atoms with van der Waals surface area (Å²) in [6.07, 6.45) is 42.9. The molecule has 2 nitrogen and oxygen atoms in total. The summed E-state index contributed by atoms with van der Waals surface area (Å²) in [7, 11) is 0. The topological polar surface area (TPSA) is 36.4 Å². The fraction of sp³-hybridized carbons (Fsp3) is 0.698. The Hall–Kier alpha value is -2.66. The van der Waals surface area contributed by atoms with Gasteiger partial charge in [-0.05, 0) is 84.8 Å². The van der Waals surface area contributed by atoms with E-state index in [1.807, 2.05) is 0 Å². The highest BCUT2D eigenvalue weighted by atomic mass is 14.8. The van der Waals surface area contributed by atoms with Crippen molar-refractivity contribution < 1.29 is 4.79 Å². The number of benzene rings is 2. The first kappa shape index (κ1) is 48.5. The summed E-state index contributed by atoms with van der Waals surface area (Å²) in [5.74, 6) is 3.11. The molecule has 0 saturated heterocycles. The normalized spacial score (nSPS) is 11.7. The molecule has 0 bridgehead atoms. The second kappa shape index (κ2) is 34.6. The molecule has 0 radical (unpaired) electrons. The van der Waals surface area contributed by atoms with Crippen LogP contribution in [0.2, 0.25) is 0 Å². The number of rotatable bonds is 36. The summed E-state index contributed by atoms with van der Waals surface area (Å²) in [6, 6.07) is 18.8. The third kappa shape index (κ3) is 23.2. The molecule has 0 fully saturated rings. The second-order valence-corrected chi connectivity index (χ2v) is 16.8. The lowest BCUT2D eigenvalue weighted by Gasteiger charge is -2.19. The Morgan fingerprint density at radius 2 is 0.800 bits per heavy atom. The van der Waals surface area contributed by atoms with E-state index in [1.165, 1.54) is 200 Å². The Bertz CT molecular complexity index is 1340. The minimum absolute atomic E-state index is 0.894. The number of allylic oxidation sites excluding steroid dienone is 2. The van der Waals surface area contributed by atoms with Crippen LogP contribution in [0.5, 0.6) is 0 Å². The number of hydrogen-bond acceptors (Lipinski definition) is 0. The Morgan fingerprint density at radius 1 is 0.436 bits per heavy atom. The average Bonchev–Trinajstić information content (AvgIpc) is 3.20. The Morgan fingerprint density at radius 3 is 1.18 bits per heavy atom. The van der Waals surface area contributed by atoms with E-state index in [-0.39, 0.29) is 0 Å². The average molecular weight is 751 g/mol. The standard InChI is InChI=1S/C53H86N2/c1-5-9-13-16-19-20-21-22-23-24-25-26-27-29-32-37-48-39-35-42-50(45-48)53(49-41-34-38-47(44-49)36-31-28-17-14-10-6-2)52(43-33-30-18-15-11-7-3)51(46-55-54)40-12-8-4/h34-35,38-39,41-42,44-45H,5-33,36-37,40,43H2,1-4H3. The summed E-state index contributed by atoms with van der Waals surface area (Å²) < 4.78 is 0. The molecular weight excluding hydrogens is 665 g/mol. The molecule has 0 aliphatic heterocycles. The second-order valence-electron chi connectivity index (χ2n) is 16.8. The number of hydrogen-bond donors (Lipinski definition) is 0. The molecule has 2 aromatic carbocycles. The van der Waals surface area contributed by atoms with Crippen LogP contribution in [0.3, 0.4) is 0 Å². The van der Waals surface area contributed by atoms with Gasteiger partial charge >= 0.3 is 5.87 Å². The molecule has 0 heterocycles. The molecule has 2 heteroatoms. The van der Waals surface area contributed by atoms with Gasteiger partial charge in [0.2, 0.25) is 0 Å². The molecule has 55 heavy (non-hydrogen) atoms. The molecule has 308 valence electrons. The summed E-state index contributed by atoms with van der Waals surface area (Å²) in [6.45, 7) is 9.14. The van der Waals surface area contributed by atoms with Gasteiger partial charge in [-0.3, -0.25) is 0 Å². The third-order valence-electron chi connectivity index (χ3n) is 11.7. The molecular formula is C53H86N2. The van der Waals surface area contributed by atoms with E-state index >= 15 is 0 Å². The quantitative estimate of drug-likeness (QED) is 0.0219.